The van der Waals surface area contributed by atoms with Crippen LogP contribution in [0.25, 0.3) is 0 Å². The zero-order valence-corrected chi connectivity index (χ0v) is 78.8. The average molecular weight is 1750 g/mol. The monoisotopic (exact) mass is 1750 g/mol. The second kappa shape index (κ2) is 95.0. The van der Waals surface area contributed by atoms with Crippen LogP contribution in [0.15, 0.2) is 219 Å². The standard InChI is InChI=1S/C105H172O16P2/c1-4-7-10-13-16-19-22-25-28-31-34-37-40-42-44-46-47-48-49-50-51-53-55-56-59-61-64-67-70-73-76-79-82-85-88-91-103(108)115-94-100(106)95-117-122(111,112)118-96-101(107)97-119-123(113,114)120-99-102(121-105(110)93-90-87-84-81-78-75-72-69-66-63-58-39-36-33-30-27-24-21-18-15-12-9-6-3)98-116-104(109)92-89-86-83-80-77-74-71-68-65-62-60-57-54-52-45-43-41-38-35-32-29-26-23-20-17-14-11-8-5-2/h7-12,16-21,25-30,34-39,42-45,47-48,54,57,63,66,72,75,100-102,106-107H,4-6,13-15,22-24,31-33,40-41,46,49-53,55-56,58-62,64-65,67-71,73-74,76-99H2,1-3H3,(H,111,112)(H,113,114)/b10-7-,11-8-,12-9-,19-16-,20-17-,21-18-,28-25-,29-26-,30-27-,37-34-,38-35-,39-36-,44-42-,45-43-,48-47-,57-54-,66-63-,75-72-. The first kappa shape index (κ1) is 117. The highest BCUT2D eigenvalue weighted by Gasteiger charge is 2.30. The molecule has 0 aliphatic rings. The van der Waals surface area contributed by atoms with E-state index in [1.54, 1.807) is 0 Å². The van der Waals surface area contributed by atoms with Crippen LogP contribution in [0.5, 0.6) is 0 Å². The van der Waals surface area contributed by atoms with Gasteiger partial charge in [0.2, 0.25) is 0 Å². The molecule has 0 rings (SSSR count). The third-order valence-corrected chi connectivity index (χ3v) is 21.6. The highest BCUT2D eigenvalue weighted by atomic mass is 31.2. The number of phosphoric ester groups is 2. The first-order valence-electron chi connectivity index (χ1n) is 48.0. The van der Waals surface area contributed by atoms with Gasteiger partial charge in [-0.15, -0.1) is 0 Å². The number of aliphatic hydroxyl groups excluding tert-OH is 2. The summed E-state index contributed by atoms with van der Waals surface area (Å²) in [7, 11) is -9.83. The van der Waals surface area contributed by atoms with Crippen molar-refractivity contribution in [3.8, 4) is 0 Å². The zero-order valence-electron chi connectivity index (χ0n) is 77.0. The lowest BCUT2D eigenvalue weighted by Crippen LogP contribution is -2.30. The summed E-state index contributed by atoms with van der Waals surface area (Å²) in [5.41, 5.74) is 0. The molecule has 0 radical (unpaired) electrons. The molecule has 0 saturated heterocycles. The number of allylic oxidation sites excluding steroid dienone is 36. The largest absolute Gasteiger partial charge is 0.472 e. The maximum absolute atomic E-state index is 13.1. The summed E-state index contributed by atoms with van der Waals surface area (Å²) in [5.74, 6) is -1.61. The van der Waals surface area contributed by atoms with E-state index in [-0.39, 0.29) is 19.3 Å². The number of unbranched alkanes of at least 4 members (excludes halogenated alkanes) is 30. The number of carbonyl (C=O) groups excluding carboxylic acids is 3. The zero-order chi connectivity index (χ0) is 89.3. The molecule has 0 aliphatic heterocycles. The number of hydrogen-bond acceptors (Lipinski definition) is 14. The molecule has 0 aromatic heterocycles. The summed E-state index contributed by atoms with van der Waals surface area (Å²) in [6, 6.07) is 0. The molecule has 5 atom stereocenters. The van der Waals surface area contributed by atoms with Gasteiger partial charge in [-0.25, -0.2) is 9.13 Å². The lowest BCUT2D eigenvalue weighted by atomic mass is 10.0. The number of carbonyl (C=O) groups is 3. The predicted molar refractivity (Wildman–Crippen MR) is 518 cm³/mol. The number of esters is 3. The van der Waals surface area contributed by atoms with Crippen LogP contribution in [-0.2, 0) is 55.8 Å². The molecule has 0 fully saturated rings. The molecule has 4 N–H and O–H groups in total. The van der Waals surface area contributed by atoms with E-state index in [0.717, 1.165) is 193 Å². The van der Waals surface area contributed by atoms with Gasteiger partial charge in [0.05, 0.1) is 26.4 Å². The number of ether oxygens (including phenoxy) is 3. The Kier molecular flexibility index (Phi) is 90.3. The highest BCUT2D eigenvalue weighted by Crippen LogP contribution is 2.45. The van der Waals surface area contributed by atoms with Gasteiger partial charge in [0.1, 0.15) is 25.4 Å². The van der Waals surface area contributed by atoms with Crippen molar-refractivity contribution in [3.63, 3.8) is 0 Å². The lowest BCUT2D eigenvalue weighted by Gasteiger charge is -2.21. The van der Waals surface area contributed by atoms with E-state index in [0.29, 0.717) is 19.3 Å². The Morgan fingerprint density at radius 1 is 0.228 bits per heavy atom. The summed E-state index contributed by atoms with van der Waals surface area (Å²) in [4.78, 5) is 59.1. The molecule has 18 heteroatoms. The number of rotatable bonds is 89. The Bertz CT molecular complexity index is 3120. The molecule has 0 aromatic carbocycles. The normalized spacial score (nSPS) is 14.7. The highest BCUT2D eigenvalue weighted by molar-refractivity contribution is 7.47. The van der Waals surface area contributed by atoms with Crippen LogP contribution in [0.2, 0.25) is 0 Å². The van der Waals surface area contributed by atoms with Crippen molar-refractivity contribution in [2.75, 3.05) is 39.6 Å². The molecule has 0 saturated carbocycles. The van der Waals surface area contributed by atoms with Gasteiger partial charge in [-0.1, -0.05) is 394 Å². The summed E-state index contributed by atoms with van der Waals surface area (Å²) in [6.45, 7) is 2.33. The van der Waals surface area contributed by atoms with Crippen molar-refractivity contribution in [2.24, 2.45) is 0 Å². The molecule has 0 bridgehead atoms. The molecular weight excluding hydrogens is 1580 g/mol. The molecule has 0 aliphatic carbocycles. The quantitative estimate of drug-likeness (QED) is 0.0146. The van der Waals surface area contributed by atoms with Crippen molar-refractivity contribution < 1.29 is 75.8 Å². The second-order valence-electron chi connectivity index (χ2n) is 31.4. The molecule has 0 heterocycles. The first-order chi connectivity index (χ1) is 60.2. The van der Waals surface area contributed by atoms with Gasteiger partial charge in [-0.05, 0) is 173 Å². The fourth-order valence-electron chi connectivity index (χ4n) is 12.5. The van der Waals surface area contributed by atoms with E-state index in [4.69, 9.17) is 32.3 Å². The number of phosphoric acid groups is 2. The van der Waals surface area contributed by atoms with Crippen molar-refractivity contribution in [1.82, 2.24) is 0 Å². The SMILES string of the molecule is CC/C=C\C/C=C\C/C=C\C/C=C\C/C=C\C/C=C\CCCCCCCCCCCCCCCCCCC(=O)OCC(O)COP(=O)(O)OCC(O)COP(=O)(O)OCC(COC(=O)CCCCCCCCCCCC/C=C\C/C=C\C/C=C\C/C=C\C/C=C\C/C=C\CC)OC(=O)CCCCCC/C=C\C/C=C\C/C=C\C/C=C\C/C=C\C/C=C\CC. The Hall–Kier alpha value is -6.13. The van der Waals surface area contributed by atoms with Gasteiger partial charge in [0.25, 0.3) is 0 Å². The summed E-state index contributed by atoms with van der Waals surface area (Å²) < 4.78 is 61.5. The molecule has 16 nitrogen and oxygen atoms in total. The summed E-state index contributed by atoms with van der Waals surface area (Å²) in [5, 5.41) is 20.8. The van der Waals surface area contributed by atoms with Gasteiger partial charge in [-0.2, -0.15) is 0 Å². The molecule has 123 heavy (non-hydrogen) atoms. The number of aliphatic hydroxyl groups is 2. The van der Waals surface area contributed by atoms with Crippen LogP contribution < -0.4 is 0 Å². The van der Waals surface area contributed by atoms with Gasteiger partial charge >= 0.3 is 33.6 Å². The molecular formula is C105H172O16P2. The Morgan fingerprint density at radius 3 is 0.642 bits per heavy atom. The molecule has 698 valence electrons. The van der Waals surface area contributed by atoms with Gasteiger partial charge in [-0.3, -0.25) is 32.5 Å². The van der Waals surface area contributed by atoms with Crippen LogP contribution >= 0.6 is 15.6 Å². The van der Waals surface area contributed by atoms with Gasteiger partial charge in [0, 0.05) is 19.3 Å². The smallest absolute Gasteiger partial charge is 0.463 e. The van der Waals surface area contributed by atoms with Crippen molar-refractivity contribution in [3.05, 3.63) is 219 Å². The van der Waals surface area contributed by atoms with Gasteiger partial charge < -0.3 is 34.2 Å². The number of hydrogen-bond donors (Lipinski definition) is 4. The maximum Gasteiger partial charge on any atom is 0.472 e. The van der Waals surface area contributed by atoms with Crippen LogP contribution in [-0.4, -0.2) is 95.9 Å². The molecule has 5 unspecified atom stereocenters. The Balaban J connectivity index is 4.61. The summed E-state index contributed by atoms with van der Waals surface area (Å²) >= 11 is 0. The van der Waals surface area contributed by atoms with Gasteiger partial charge in [0.15, 0.2) is 6.10 Å². The van der Waals surface area contributed by atoms with E-state index in [2.05, 4.69) is 240 Å². The van der Waals surface area contributed by atoms with E-state index < -0.39 is 91.5 Å². The third kappa shape index (κ3) is 96.4. The lowest BCUT2D eigenvalue weighted by molar-refractivity contribution is -0.161. The fourth-order valence-corrected chi connectivity index (χ4v) is 14.1. The maximum atomic E-state index is 13.1. The van der Waals surface area contributed by atoms with Crippen molar-refractivity contribution in [1.29, 1.82) is 0 Å². The molecule has 0 amide bonds. The van der Waals surface area contributed by atoms with E-state index in [9.17, 15) is 43.5 Å². The van der Waals surface area contributed by atoms with E-state index in [1.165, 1.54) is 116 Å². The second-order valence-corrected chi connectivity index (χ2v) is 34.3. The van der Waals surface area contributed by atoms with Crippen LogP contribution in [0, 0.1) is 0 Å². The van der Waals surface area contributed by atoms with Crippen molar-refractivity contribution >= 4 is 33.6 Å². The Morgan fingerprint density at radius 2 is 0.407 bits per heavy atom. The topological polar surface area (TPSA) is 231 Å². The van der Waals surface area contributed by atoms with E-state index >= 15 is 0 Å². The fraction of sp³-hybridized carbons (Fsp3) is 0.629. The molecule has 0 aromatic rings. The third-order valence-electron chi connectivity index (χ3n) is 19.7. The summed E-state index contributed by atoms with van der Waals surface area (Å²) in [6.07, 6.45) is 130. The predicted octanol–water partition coefficient (Wildman–Crippen LogP) is 30.1. The van der Waals surface area contributed by atoms with Crippen LogP contribution in [0.1, 0.15) is 367 Å². The van der Waals surface area contributed by atoms with Crippen LogP contribution in [0.3, 0.4) is 0 Å². The van der Waals surface area contributed by atoms with Crippen molar-refractivity contribution in [2.45, 2.75) is 386 Å². The minimum atomic E-state index is -4.96. The first-order valence-corrected chi connectivity index (χ1v) is 51.0. The van der Waals surface area contributed by atoms with Crippen LogP contribution in [0.4, 0.5) is 0 Å². The Labute approximate surface area is 749 Å². The minimum absolute atomic E-state index is 0.0661. The average Bonchev–Trinajstić information content (AvgIpc) is 0.890. The molecule has 0 spiro atoms. The minimum Gasteiger partial charge on any atom is -0.463 e. The van der Waals surface area contributed by atoms with E-state index in [1.807, 2.05) is 0 Å².